The van der Waals surface area contributed by atoms with Crippen molar-refractivity contribution in [2.45, 2.75) is 31.1 Å². The lowest BCUT2D eigenvalue weighted by atomic mass is 10.1. The molecule has 6 heteroatoms. The van der Waals surface area contributed by atoms with Crippen molar-refractivity contribution in [3.63, 3.8) is 0 Å². The van der Waals surface area contributed by atoms with Gasteiger partial charge in [0.05, 0.1) is 16.2 Å². The number of benzene rings is 1. The molecule has 0 bridgehead atoms. The lowest BCUT2D eigenvalue weighted by Gasteiger charge is -2.10. The molecule has 0 spiro atoms. The average molecular weight is 303 g/mol. The van der Waals surface area contributed by atoms with Gasteiger partial charge in [0.15, 0.2) is 9.84 Å². The summed E-state index contributed by atoms with van der Waals surface area (Å²) in [7, 11) is -3.47. The number of halogens is 1. The summed E-state index contributed by atoms with van der Waals surface area (Å²) in [6.45, 7) is 1.50. The Labute approximate surface area is 117 Å². The lowest BCUT2D eigenvalue weighted by molar-refractivity contribution is 0.0696. The topological polar surface area (TPSA) is 71.4 Å². The fraction of sp³-hybridized carbons (Fsp3) is 0.462. The molecule has 1 fully saturated rings. The van der Waals surface area contributed by atoms with Crippen molar-refractivity contribution in [3.05, 3.63) is 28.3 Å². The minimum Gasteiger partial charge on any atom is -0.478 e. The second-order valence-corrected chi connectivity index (χ2v) is 7.45. The van der Waals surface area contributed by atoms with Gasteiger partial charge in [0, 0.05) is 5.02 Å². The van der Waals surface area contributed by atoms with Gasteiger partial charge in [-0.25, -0.2) is 13.2 Å². The van der Waals surface area contributed by atoms with Crippen molar-refractivity contribution in [2.24, 2.45) is 5.92 Å². The Hall–Kier alpha value is -1.07. The zero-order valence-corrected chi connectivity index (χ0v) is 12.1. The van der Waals surface area contributed by atoms with Crippen molar-refractivity contribution >= 4 is 27.4 Å². The summed E-state index contributed by atoms with van der Waals surface area (Å²) in [5, 5.41) is 9.19. The fourth-order valence-electron chi connectivity index (χ4n) is 2.04. The molecule has 0 aliphatic heterocycles. The molecule has 0 amide bonds. The number of carbonyl (C=O) groups is 1. The van der Waals surface area contributed by atoms with E-state index in [2.05, 4.69) is 0 Å². The Morgan fingerprint density at radius 1 is 1.42 bits per heavy atom. The van der Waals surface area contributed by atoms with Crippen molar-refractivity contribution in [2.75, 3.05) is 5.75 Å². The molecule has 1 aromatic rings. The minimum absolute atomic E-state index is 0.0399. The van der Waals surface area contributed by atoms with Crippen molar-refractivity contribution in [1.29, 1.82) is 0 Å². The molecule has 0 atom stereocenters. The average Bonchev–Trinajstić information content (AvgIpc) is 3.12. The third-order valence-corrected chi connectivity index (χ3v) is 5.47. The van der Waals surface area contributed by atoms with Gasteiger partial charge in [-0.05, 0) is 37.0 Å². The van der Waals surface area contributed by atoms with Crippen LogP contribution in [0.5, 0.6) is 0 Å². The van der Waals surface area contributed by atoms with Crippen LogP contribution in [0.1, 0.15) is 35.2 Å². The van der Waals surface area contributed by atoms with Crippen LogP contribution in [-0.2, 0) is 9.84 Å². The van der Waals surface area contributed by atoms with Crippen LogP contribution in [0.4, 0.5) is 0 Å². The smallest absolute Gasteiger partial charge is 0.336 e. The maximum atomic E-state index is 12.3. The molecule has 0 saturated heterocycles. The maximum absolute atomic E-state index is 12.3. The molecule has 1 aromatic carbocycles. The zero-order chi connectivity index (χ0) is 14.2. The first kappa shape index (κ1) is 14.3. The standard InChI is InChI=1S/C13H15ClO4S/c1-8-11(13(15)16)6-10(14)7-12(8)19(17,18)5-4-9-2-3-9/h6-7,9H,2-5H2,1H3,(H,15,16). The molecular formula is C13H15ClO4S. The largest absolute Gasteiger partial charge is 0.478 e. The minimum atomic E-state index is -3.47. The Kier molecular flexibility index (Phi) is 3.87. The van der Waals surface area contributed by atoms with E-state index < -0.39 is 15.8 Å². The van der Waals surface area contributed by atoms with E-state index in [9.17, 15) is 13.2 Å². The van der Waals surface area contributed by atoms with E-state index in [1.807, 2.05) is 0 Å². The van der Waals surface area contributed by atoms with Crippen molar-refractivity contribution < 1.29 is 18.3 Å². The number of rotatable bonds is 5. The number of aromatic carboxylic acids is 1. The molecule has 2 rings (SSSR count). The van der Waals surface area contributed by atoms with Gasteiger partial charge in [-0.15, -0.1) is 0 Å². The lowest BCUT2D eigenvalue weighted by Crippen LogP contribution is -2.12. The van der Waals surface area contributed by atoms with Gasteiger partial charge < -0.3 is 5.11 Å². The first-order chi connectivity index (χ1) is 8.81. The monoisotopic (exact) mass is 302 g/mol. The van der Waals surface area contributed by atoms with Gasteiger partial charge in [-0.1, -0.05) is 24.4 Å². The van der Waals surface area contributed by atoms with E-state index in [0.717, 1.165) is 12.8 Å². The highest BCUT2D eigenvalue weighted by atomic mass is 35.5. The highest BCUT2D eigenvalue weighted by Gasteiger charge is 2.27. The van der Waals surface area contributed by atoms with E-state index >= 15 is 0 Å². The predicted octanol–water partition coefficient (Wildman–Crippen LogP) is 2.92. The molecule has 0 radical (unpaired) electrons. The molecule has 1 N–H and O–H groups in total. The van der Waals surface area contributed by atoms with Crippen LogP contribution in [0, 0.1) is 12.8 Å². The van der Waals surface area contributed by atoms with Crippen LogP contribution >= 0.6 is 11.6 Å². The third kappa shape index (κ3) is 3.28. The van der Waals surface area contributed by atoms with Gasteiger partial charge in [0.25, 0.3) is 0 Å². The van der Waals surface area contributed by atoms with E-state index in [0.29, 0.717) is 12.3 Å². The highest BCUT2D eigenvalue weighted by Crippen LogP contribution is 2.34. The van der Waals surface area contributed by atoms with Crippen molar-refractivity contribution in [3.8, 4) is 0 Å². The molecule has 104 valence electrons. The Balaban J connectivity index is 2.39. The van der Waals surface area contributed by atoms with E-state index in [-0.39, 0.29) is 26.8 Å². The summed E-state index contributed by atoms with van der Waals surface area (Å²) < 4.78 is 24.5. The second kappa shape index (κ2) is 5.13. The molecular weight excluding hydrogens is 288 g/mol. The summed E-state index contributed by atoms with van der Waals surface area (Å²) in [4.78, 5) is 11.1. The third-order valence-electron chi connectivity index (χ3n) is 3.38. The highest BCUT2D eigenvalue weighted by molar-refractivity contribution is 7.91. The molecule has 4 nitrogen and oxygen atoms in total. The molecule has 0 heterocycles. The van der Waals surface area contributed by atoms with Gasteiger partial charge in [0.2, 0.25) is 0 Å². The van der Waals surface area contributed by atoms with E-state index in [1.165, 1.54) is 19.1 Å². The number of carboxylic acids is 1. The quantitative estimate of drug-likeness (QED) is 0.907. The van der Waals surface area contributed by atoms with E-state index in [4.69, 9.17) is 16.7 Å². The number of sulfone groups is 1. The second-order valence-electron chi connectivity index (χ2n) is 4.93. The number of carboxylic acid groups (broad SMARTS) is 1. The fourth-order valence-corrected chi connectivity index (χ4v) is 4.07. The summed E-state index contributed by atoms with van der Waals surface area (Å²) in [6.07, 6.45) is 2.81. The van der Waals surface area contributed by atoms with Crippen molar-refractivity contribution in [1.82, 2.24) is 0 Å². The van der Waals surface area contributed by atoms with Gasteiger partial charge in [-0.2, -0.15) is 0 Å². The molecule has 0 aromatic heterocycles. The van der Waals surface area contributed by atoms with E-state index in [1.54, 1.807) is 0 Å². The van der Waals surface area contributed by atoms with Gasteiger partial charge >= 0.3 is 5.97 Å². The summed E-state index contributed by atoms with van der Waals surface area (Å²) in [5.74, 6) is -0.607. The maximum Gasteiger partial charge on any atom is 0.336 e. The Morgan fingerprint density at radius 2 is 2.05 bits per heavy atom. The SMILES string of the molecule is Cc1c(C(=O)O)cc(Cl)cc1S(=O)(=O)CCC1CC1. The van der Waals surface area contributed by atoms with Crippen LogP contribution < -0.4 is 0 Å². The molecule has 19 heavy (non-hydrogen) atoms. The number of hydrogen-bond acceptors (Lipinski definition) is 3. The van der Waals surface area contributed by atoms with Crippen LogP contribution in [0.2, 0.25) is 5.02 Å². The molecule has 1 aliphatic rings. The van der Waals surface area contributed by atoms with Crippen LogP contribution in [0.25, 0.3) is 0 Å². The first-order valence-electron chi connectivity index (χ1n) is 6.07. The molecule has 1 saturated carbocycles. The van der Waals surface area contributed by atoms with Crippen LogP contribution in [0.3, 0.4) is 0 Å². The summed E-state index contributed by atoms with van der Waals surface area (Å²) in [5.41, 5.74) is 0.199. The number of hydrogen-bond donors (Lipinski definition) is 1. The van der Waals surface area contributed by atoms with Crippen LogP contribution in [-0.4, -0.2) is 25.2 Å². The first-order valence-corrected chi connectivity index (χ1v) is 8.10. The zero-order valence-electron chi connectivity index (χ0n) is 10.5. The Bertz CT molecular complexity index is 618. The van der Waals surface area contributed by atoms with Gasteiger partial charge in [-0.3, -0.25) is 0 Å². The Morgan fingerprint density at radius 3 is 2.58 bits per heavy atom. The summed E-state index contributed by atoms with van der Waals surface area (Å²) >= 11 is 5.82. The summed E-state index contributed by atoms with van der Waals surface area (Å²) in [6, 6.07) is 2.62. The van der Waals surface area contributed by atoms with Crippen LogP contribution in [0.15, 0.2) is 17.0 Å². The normalized spacial score (nSPS) is 15.5. The molecule has 1 aliphatic carbocycles. The molecule has 0 unspecified atom stereocenters. The predicted molar refractivity (Wildman–Crippen MR) is 72.5 cm³/mol. The van der Waals surface area contributed by atoms with Gasteiger partial charge in [0.1, 0.15) is 0 Å².